The van der Waals surface area contributed by atoms with Crippen molar-refractivity contribution >= 4 is 34.3 Å². The molecule has 15 heavy (non-hydrogen) atoms. The zero-order chi connectivity index (χ0) is 10.7. The Balaban J connectivity index is 0.00000196. The van der Waals surface area contributed by atoms with Gasteiger partial charge in [0.25, 0.3) is 0 Å². The molecule has 0 aliphatic rings. The molecule has 0 saturated carbocycles. The maximum atomic E-state index is 11.1. The van der Waals surface area contributed by atoms with E-state index in [9.17, 15) is 4.79 Å². The number of methoxy groups -OCH3 is 1. The number of benzene rings is 1. The predicted molar refractivity (Wildman–Crippen MR) is 65.1 cm³/mol. The molecule has 0 heterocycles. The molecule has 5 heteroatoms. The van der Waals surface area contributed by atoms with E-state index in [1.807, 2.05) is 25.1 Å². The maximum absolute atomic E-state index is 11.1. The molecule has 0 unspecified atom stereocenters. The molecule has 0 aliphatic carbocycles. The van der Waals surface area contributed by atoms with E-state index in [4.69, 9.17) is 5.73 Å². The minimum absolute atomic E-state index is 0. The summed E-state index contributed by atoms with van der Waals surface area (Å²) in [5, 5.41) is 0. The van der Waals surface area contributed by atoms with Gasteiger partial charge in [-0.3, -0.25) is 4.79 Å². The van der Waals surface area contributed by atoms with Crippen molar-refractivity contribution in [3.8, 4) is 0 Å². The van der Waals surface area contributed by atoms with Crippen molar-refractivity contribution < 1.29 is 9.53 Å². The SMILES string of the molecule is COC(=O)[C@@H](N)c1ccc(C)c(Br)c1.Cl. The van der Waals surface area contributed by atoms with Gasteiger partial charge in [-0.15, -0.1) is 12.4 Å². The van der Waals surface area contributed by atoms with Crippen LogP contribution in [-0.2, 0) is 9.53 Å². The number of nitrogens with two attached hydrogens (primary N) is 1. The van der Waals surface area contributed by atoms with Gasteiger partial charge in [-0.2, -0.15) is 0 Å². The van der Waals surface area contributed by atoms with Crippen molar-refractivity contribution in [2.24, 2.45) is 5.73 Å². The van der Waals surface area contributed by atoms with Gasteiger partial charge in [0.15, 0.2) is 0 Å². The third-order valence-electron chi connectivity index (χ3n) is 2.01. The maximum Gasteiger partial charge on any atom is 0.327 e. The quantitative estimate of drug-likeness (QED) is 0.852. The molecule has 1 rings (SSSR count). The van der Waals surface area contributed by atoms with Gasteiger partial charge < -0.3 is 10.5 Å². The van der Waals surface area contributed by atoms with Crippen LogP contribution in [0.3, 0.4) is 0 Å². The molecule has 0 spiro atoms. The lowest BCUT2D eigenvalue weighted by Crippen LogP contribution is -2.22. The molecular weight excluding hydrogens is 281 g/mol. The molecule has 1 atom stereocenters. The van der Waals surface area contributed by atoms with Gasteiger partial charge in [-0.25, -0.2) is 0 Å². The second-order valence-electron chi connectivity index (χ2n) is 3.01. The highest BCUT2D eigenvalue weighted by molar-refractivity contribution is 9.10. The Morgan fingerprint density at radius 3 is 2.60 bits per heavy atom. The van der Waals surface area contributed by atoms with E-state index in [0.29, 0.717) is 0 Å². The van der Waals surface area contributed by atoms with Crippen LogP contribution < -0.4 is 5.73 Å². The zero-order valence-corrected chi connectivity index (χ0v) is 10.9. The number of carbonyl (C=O) groups excluding carboxylic acids is 1. The number of esters is 1. The van der Waals surface area contributed by atoms with Crippen molar-refractivity contribution in [1.29, 1.82) is 0 Å². The Labute approximate surface area is 104 Å². The summed E-state index contributed by atoms with van der Waals surface area (Å²) in [5.41, 5.74) is 7.52. The lowest BCUT2D eigenvalue weighted by molar-refractivity contribution is -0.142. The monoisotopic (exact) mass is 293 g/mol. The van der Waals surface area contributed by atoms with Crippen LogP contribution in [0.15, 0.2) is 22.7 Å². The highest BCUT2D eigenvalue weighted by Crippen LogP contribution is 2.21. The first kappa shape index (κ1) is 14.4. The molecule has 1 aromatic rings. The predicted octanol–water partition coefficient (Wildman–Crippen LogP) is 2.35. The van der Waals surface area contributed by atoms with Crippen LogP contribution in [-0.4, -0.2) is 13.1 Å². The van der Waals surface area contributed by atoms with Crippen molar-refractivity contribution in [3.05, 3.63) is 33.8 Å². The summed E-state index contributed by atoms with van der Waals surface area (Å²) in [6.45, 7) is 1.97. The Morgan fingerprint density at radius 1 is 1.53 bits per heavy atom. The summed E-state index contributed by atoms with van der Waals surface area (Å²) < 4.78 is 5.50. The lowest BCUT2D eigenvalue weighted by Gasteiger charge is -2.10. The number of rotatable bonds is 2. The normalized spacial score (nSPS) is 11.5. The van der Waals surface area contributed by atoms with Crippen molar-refractivity contribution in [3.63, 3.8) is 0 Å². The van der Waals surface area contributed by atoms with E-state index in [0.717, 1.165) is 15.6 Å². The van der Waals surface area contributed by atoms with Crippen LogP contribution in [0.5, 0.6) is 0 Å². The molecule has 84 valence electrons. The Hall–Kier alpha value is -0.580. The van der Waals surface area contributed by atoms with E-state index in [1.54, 1.807) is 0 Å². The highest BCUT2D eigenvalue weighted by Gasteiger charge is 2.16. The molecule has 3 nitrogen and oxygen atoms in total. The van der Waals surface area contributed by atoms with E-state index in [2.05, 4.69) is 20.7 Å². The van der Waals surface area contributed by atoms with Crippen molar-refractivity contribution in [1.82, 2.24) is 0 Å². The summed E-state index contributed by atoms with van der Waals surface area (Å²) in [4.78, 5) is 11.1. The molecule has 0 aliphatic heterocycles. The summed E-state index contributed by atoms with van der Waals surface area (Å²) in [7, 11) is 1.32. The molecule has 0 bridgehead atoms. The van der Waals surface area contributed by atoms with Crippen LogP contribution in [0.1, 0.15) is 17.2 Å². The molecule has 0 fully saturated rings. The zero-order valence-electron chi connectivity index (χ0n) is 8.49. The molecule has 0 aromatic heterocycles. The van der Waals surface area contributed by atoms with Crippen LogP contribution in [0.2, 0.25) is 0 Å². The molecule has 2 N–H and O–H groups in total. The minimum atomic E-state index is -0.711. The number of hydrogen-bond acceptors (Lipinski definition) is 3. The summed E-state index contributed by atoms with van der Waals surface area (Å²) in [6.07, 6.45) is 0. The van der Waals surface area contributed by atoms with Gasteiger partial charge >= 0.3 is 5.97 Å². The fourth-order valence-corrected chi connectivity index (χ4v) is 1.46. The average Bonchev–Trinajstić information content (AvgIpc) is 2.20. The molecule has 0 radical (unpaired) electrons. The number of aryl methyl sites for hydroxylation is 1. The van der Waals surface area contributed by atoms with Gasteiger partial charge in [-0.05, 0) is 24.1 Å². The number of ether oxygens (including phenoxy) is 1. The summed E-state index contributed by atoms with van der Waals surface area (Å²) in [5.74, 6) is -0.430. The van der Waals surface area contributed by atoms with Gasteiger partial charge in [0.1, 0.15) is 6.04 Å². The average molecular weight is 295 g/mol. The first-order valence-corrected chi connectivity index (χ1v) is 4.95. The van der Waals surface area contributed by atoms with E-state index >= 15 is 0 Å². The number of halogens is 2. The van der Waals surface area contributed by atoms with E-state index in [-0.39, 0.29) is 12.4 Å². The Kier molecular flexibility index (Phi) is 5.87. The summed E-state index contributed by atoms with van der Waals surface area (Å²) >= 11 is 3.38. The van der Waals surface area contributed by atoms with Crippen LogP contribution in [0.4, 0.5) is 0 Å². The number of carbonyl (C=O) groups is 1. The fourth-order valence-electron chi connectivity index (χ4n) is 1.07. The minimum Gasteiger partial charge on any atom is -0.468 e. The number of hydrogen-bond donors (Lipinski definition) is 1. The fraction of sp³-hybridized carbons (Fsp3) is 0.300. The smallest absolute Gasteiger partial charge is 0.327 e. The van der Waals surface area contributed by atoms with Crippen molar-refractivity contribution in [2.45, 2.75) is 13.0 Å². The standard InChI is InChI=1S/C10H12BrNO2.ClH/c1-6-3-4-7(5-8(6)11)9(12)10(13)14-2;/h3-5,9H,12H2,1-2H3;1H/t9-;/m0./s1. The van der Waals surface area contributed by atoms with Gasteiger partial charge in [0.2, 0.25) is 0 Å². The van der Waals surface area contributed by atoms with Gasteiger partial charge in [0, 0.05) is 4.47 Å². The lowest BCUT2D eigenvalue weighted by atomic mass is 10.1. The first-order chi connectivity index (χ1) is 6.56. The third-order valence-corrected chi connectivity index (χ3v) is 2.86. The third kappa shape index (κ3) is 3.48. The molecule has 1 aromatic carbocycles. The van der Waals surface area contributed by atoms with Gasteiger partial charge in [-0.1, -0.05) is 28.1 Å². The molecule has 0 amide bonds. The first-order valence-electron chi connectivity index (χ1n) is 4.15. The van der Waals surface area contributed by atoms with Crippen LogP contribution >= 0.6 is 28.3 Å². The Bertz CT molecular complexity index is 357. The Morgan fingerprint density at radius 2 is 2.13 bits per heavy atom. The molecular formula is C10H13BrClNO2. The van der Waals surface area contributed by atoms with Crippen LogP contribution in [0, 0.1) is 6.92 Å². The van der Waals surface area contributed by atoms with Gasteiger partial charge in [0.05, 0.1) is 7.11 Å². The molecule has 0 saturated heterocycles. The largest absolute Gasteiger partial charge is 0.468 e. The van der Waals surface area contributed by atoms with E-state index in [1.165, 1.54) is 7.11 Å². The van der Waals surface area contributed by atoms with Crippen LogP contribution in [0.25, 0.3) is 0 Å². The van der Waals surface area contributed by atoms with Crippen molar-refractivity contribution in [2.75, 3.05) is 7.11 Å². The topological polar surface area (TPSA) is 52.3 Å². The summed E-state index contributed by atoms with van der Waals surface area (Å²) in [6, 6.07) is 4.85. The van der Waals surface area contributed by atoms with E-state index < -0.39 is 12.0 Å². The second-order valence-corrected chi connectivity index (χ2v) is 3.86. The highest BCUT2D eigenvalue weighted by atomic mass is 79.9. The second kappa shape index (κ2) is 6.10.